The summed E-state index contributed by atoms with van der Waals surface area (Å²) >= 11 is 0. The van der Waals surface area contributed by atoms with Crippen LogP contribution in [0.3, 0.4) is 0 Å². The standard InChI is InChI=1S/C32H41N3O4S/c1-7-30(32(37)33-8-2)34(21-26-13-9-24(5)10-14-26)31(36)22-35(28-17-15-27(16-18-28)23(3)4)40(38,39)29-19-11-25(6)12-20-29/h9-20,23,30H,7-8,21-22H2,1-6H3,(H,33,37)/t30-/m1/s1. The number of sulfonamides is 1. The Balaban J connectivity index is 2.06. The summed E-state index contributed by atoms with van der Waals surface area (Å²) in [5, 5.41) is 2.83. The molecule has 2 amide bonds. The van der Waals surface area contributed by atoms with Crippen molar-refractivity contribution in [2.24, 2.45) is 0 Å². The lowest BCUT2D eigenvalue weighted by Gasteiger charge is -2.33. The summed E-state index contributed by atoms with van der Waals surface area (Å²) in [6, 6.07) is 20.8. The Morgan fingerprint density at radius 3 is 1.88 bits per heavy atom. The van der Waals surface area contributed by atoms with Crippen LogP contribution < -0.4 is 9.62 Å². The Labute approximate surface area is 239 Å². The molecule has 0 saturated carbocycles. The molecule has 0 aliphatic rings. The third-order valence-electron chi connectivity index (χ3n) is 6.95. The molecule has 0 unspecified atom stereocenters. The van der Waals surface area contributed by atoms with Gasteiger partial charge < -0.3 is 10.2 Å². The predicted octanol–water partition coefficient (Wildman–Crippen LogP) is 5.57. The van der Waals surface area contributed by atoms with Gasteiger partial charge >= 0.3 is 0 Å². The van der Waals surface area contributed by atoms with Crippen LogP contribution in [0.1, 0.15) is 62.3 Å². The van der Waals surface area contributed by atoms with Crippen LogP contribution in [0.5, 0.6) is 0 Å². The Hall–Kier alpha value is -3.65. The molecule has 0 aromatic heterocycles. The molecule has 1 N–H and O–H groups in total. The Morgan fingerprint density at radius 1 is 0.825 bits per heavy atom. The number of nitrogens with one attached hydrogen (secondary N) is 1. The van der Waals surface area contributed by atoms with E-state index in [1.807, 2.05) is 64.1 Å². The van der Waals surface area contributed by atoms with Gasteiger partial charge in [-0.15, -0.1) is 0 Å². The Bertz CT molecular complexity index is 1380. The van der Waals surface area contributed by atoms with E-state index in [0.29, 0.717) is 18.7 Å². The first-order valence-electron chi connectivity index (χ1n) is 13.8. The molecule has 0 bridgehead atoms. The molecule has 8 heteroatoms. The molecule has 214 valence electrons. The number of hydrogen-bond acceptors (Lipinski definition) is 4. The molecular weight excluding hydrogens is 522 g/mol. The second kappa shape index (κ2) is 13.6. The first-order valence-corrected chi connectivity index (χ1v) is 15.2. The number of carbonyl (C=O) groups excluding carboxylic acids is 2. The van der Waals surface area contributed by atoms with Gasteiger partial charge in [-0.25, -0.2) is 8.42 Å². The first kappa shape index (κ1) is 30.9. The number of aryl methyl sites for hydroxylation is 2. The SMILES string of the molecule is CCNC(=O)[C@@H](CC)N(Cc1ccc(C)cc1)C(=O)CN(c1ccc(C(C)C)cc1)S(=O)(=O)c1ccc(C)cc1. The van der Waals surface area contributed by atoms with Gasteiger partial charge in [-0.1, -0.05) is 80.4 Å². The Morgan fingerprint density at radius 2 is 1.38 bits per heavy atom. The van der Waals surface area contributed by atoms with Crippen molar-refractivity contribution in [1.29, 1.82) is 0 Å². The summed E-state index contributed by atoms with van der Waals surface area (Å²) in [6.07, 6.45) is 0.386. The topological polar surface area (TPSA) is 86.8 Å². The largest absolute Gasteiger partial charge is 0.355 e. The molecule has 0 heterocycles. The lowest BCUT2D eigenvalue weighted by molar-refractivity contribution is -0.140. The molecule has 3 aromatic carbocycles. The van der Waals surface area contributed by atoms with E-state index in [1.54, 1.807) is 36.4 Å². The Kier molecular flexibility index (Phi) is 10.5. The van der Waals surface area contributed by atoms with Crippen LogP contribution in [0.2, 0.25) is 0 Å². The van der Waals surface area contributed by atoms with Gasteiger partial charge in [0.1, 0.15) is 12.6 Å². The molecule has 0 aliphatic heterocycles. The van der Waals surface area contributed by atoms with Gasteiger partial charge in [-0.3, -0.25) is 13.9 Å². The monoisotopic (exact) mass is 563 g/mol. The highest BCUT2D eigenvalue weighted by molar-refractivity contribution is 7.92. The average Bonchev–Trinajstić information content (AvgIpc) is 2.93. The first-order chi connectivity index (χ1) is 19.0. The molecule has 0 radical (unpaired) electrons. The van der Waals surface area contributed by atoms with Crippen molar-refractivity contribution in [2.75, 3.05) is 17.4 Å². The van der Waals surface area contributed by atoms with Crippen molar-refractivity contribution in [3.8, 4) is 0 Å². The van der Waals surface area contributed by atoms with Crippen molar-refractivity contribution in [1.82, 2.24) is 10.2 Å². The van der Waals surface area contributed by atoms with Crippen LogP contribution in [0, 0.1) is 13.8 Å². The van der Waals surface area contributed by atoms with Gasteiger partial charge in [0.25, 0.3) is 10.0 Å². The molecular formula is C32H41N3O4S. The zero-order valence-corrected chi connectivity index (χ0v) is 25.2. The molecule has 3 rings (SSSR count). The van der Waals surface area contributed by atoms with Crippen molar-refractivity contribution in [3.05, 3.63) is 95.1 Å². The molecule has 0 saturated heterocycles. The predicted molar refractivity (Wildman–Crippen MR) is 161 cm³/mol. The van der Waals surface area contributed by atoms with Gasteiger partial charge in [0.2, 0.25) is 11.8 Å². The van der Waals surface area contributed by atoms with Crippen molar-refractivity contribution in [3.63, 3.8) is 0 Å². The smallest absolute Gasteiger partial charge is 0.264 e. The number of anilines is 1. The molecule has 0 spiro atoms. The second-order valence-electron chi connectivity index (χ2n) is 10.4. The highest BCUT2D eigenvalue weighted by Gasteiger charge is 2.33. The maximum absolute atomic E-state index is 14.1. The number of benzene rings is 3. The zero-order chi connectivity index (χ0) is 29.4. The number of likely N-dealkylation sites (N-methyl/N-ethyl adjacent to an activating group) is 1. The van der Waals surface area contributed by atoms with Gasteiger partial charge in [0, 0.05) is 13.1 Å². The molecule has 0 fully saturated rings. The molecule has 7 nitrogen and oxygen atoms in total. The fraction of sp³-hybridized carbons (Fsp3) is 0.375. The lowest BCUT2D eigenvalue weighted by Crippen LogP contribution is -2.52. The van der Waals surface area contributed by atoms with Gasteiger partial charge in [0.15, 0.2) is 0 Å². The molecule has 0 aliphatic carbocycles. The normalized spacial score (nSPS) is 12.2. The minimum absolute atomic E-state index is 0.0969. The van der Waals surface area contributed by atoms with Crippen molar-refractivity contribution >= 4 is 27.5 Å². The van der Waals surface area contributed by atoms with Gasteiger partial charge in [0.05, 0.1) is 10.6 Å². The third-order valence-corrected chi connectivity index (χ3v) is 8.73. The van der Waals surface area contributed by atoms with Crippen LogP contribution in [-0.4, -0.2) is 44.3 Å². The van der Waals surface area contributed by atoms with Crippen molar-refractivity contribution < 1.29 is 18.0 Å². The van der Waals surface area contributed by atoms with E-state index in [2.05, 4.69) is 19.2 Å². The lowest BCUT2D eigenvalue weighted by atomic mass is 10.0. The average molecular weight is 564 g/mol. The molecule has 1 atom stereocenters. The van der Waals surface area contributed by atoms with Gasteiger partial charge in [-0.05, 0) is 68.5 Å². The van der Waals surface area contributed by atoms with Crippen molar-refractivity contribution in [2.45, 2.75) is 71.4 Å². The summed E-state index contributed by atoms with van der Waals surface area (Å²) in [6.45, 7) is 11.8. The molecule has 40 heavy (non-hydrogen) atoms. The number of hydrogen-bond donors (Lipinski definition) is 1. The van der Waals surface area contributed by atoms with E-state index in [4.69, 9.17) is 0 Å². The minimum atomic E-state index is -4.09. The summed E-state index contributed by atoms with van der Waals surface area (Å²) in [4.78, 5) is 28.7. The van der Waals surface area contributed by atoms with E-state index in [1.165, 1.54) is 4.90 Å². The third kappa shape index (κ3) is 7.50. The number of rotatable bonds is 12. The fourth-order valence-corrected chi connectivity index (χ4v) is 5.91. The van der Waals surface area contributed by atoms with E-state index in [-0.39, 0.29) is 23.3 Å². The van der Waals surface area contributed by atoms with Crippen LogP contribution >= 0.6 is 0 Å². The maximum atomic E-state index is 14.1. The summed E-state index contributed by atoms with van der Waals surface area (Å²) < 4.78 is 29.1. The fourth-order valence-electron chi connectivity index (χ4n) is 4.49. The minimum Gasteiger partial charge on any atom is -0.355 e. The number of amides is 2. The summed E-state index contributed by atoms with van der Waals surface area (Å²) in [7, 11) is -4.09. The zero-order valence-electron chi connectivity index (χ0n) is 24.3. The van der Waals surface area contributed by atoms with Crippen LogP contribution in [-0.2, 0) is 26.2 Å². The quantitative estimate of drug-likeness (QED) is 0.312. The second-order valence-corrected chi connectivity index (χ2v) is 12.3. The van der Waals surface area contributed by atoms with E-state index >= 15 is 0 Å². The maximum Gasteiger partial charge on any atom is 0.264 e. The van der Waals surface area contributed by atoms with Crippen LogP contribution in [0.25, 0.3) is 0 Å². The van der Waals surface area contributed by atoms with E-state index in [9.17, 15) is 18.0 Å². The van der Waals surface area contributed by atoms with Crippen LogP contribution in [0.15, 0.2) is 77.7 Å². The van der Waals surface area contributed by atoms with Crippen LogP contribution in [0.4, 0.5) is 5.69 Å². The summed E-state index contributed by atoms with van der Waals surface area (Å²) in [5.74, 6) is -0.452. The van der Waals surface area contributed by atoms with E-state index in [0.717, 1.165) is 26.6 Å². The van der Waals surface area contributed by atoms with E-state index < -0.39 is 28.5 Å². The highest BCUT2D eigenvalue weighted by atomic mass is 32.2. The van der Waals surface area contributed by atoms with Gasteiger partial charge in [-0.2, -0.15) is 0 Å². The number of nitrogens with zero attached hydrogens (tertiary/aromatic N) is 2. The summed E-state index contributed by atoms with van der Waals surface area (Å²) in [5.41, 5.74) is 4.32. The highest BCUT2D eigenvalue weighted by Crippen LogP contribution is 2.27. The number of carbonyl (C=O) groups is 2. The molecule has 3 aromatic rings.